The molecule has 0 N–H and O–H groups in total. The van der Waals surface area contributed by atoms with Crippen molar-refractivity contribution in [2.24, 2.45) is 17.3 Å². The van der Waals surface area contributed by atoms with E-state index in [2.05, 4.69) is 25.3 Å². The minimum atomic E-state index is -1.24. The van der Waals surface area contributed by atoms with E-state index in [1.165, 1.54) is 12.1 Å². The zero-order valence-electron chi connectivity index (χ0n) is 12.7. The number of non-ortho nitro benzene ring substituents is 1. The summed E-state index contributed by atoms with van der Waals surface area (Å²) in [5.74, 6) is -0.659. The highest BCUT2D eigenvalue weighted by molar-refractivity contribution is 5.40. The van der Waals surface area contributed by atoms with Gasteiger partial charge >= 0.3 is 0 Å². The fourth-order valence-electron chi connectivity index (χ4n) is 3.54. The quantitative estimate of drug-likeness (QED) is 0.475. The van der Waals surface area contributed by atoms with Crippen molar-refractivity contribution >= 4 is 5.69 Å². The summed E-state index contributed by atoms with van der Waals surface area (Å²) in [7, 11) is 0. The van der Waals surface area contributed by atoms with E-state index in [1.54, 1.807) is 24.3 Å². The fourth-order valence-corrected chi connectivity index (χ4v) is 3.54. The van der Waals surface area contributed by atoms with Gasteiger partial charge in [-0.05, 0) is 24.3 Å². The lowest BCUT2D eigenvalue weighted by atomic mass is 9.56. The highest BCUT2D eigenvalue weighted by Gasteiger charge is 2.51. The molecule has 0 unspecified atom stereocenters. The highest BCUT2D eigenvalue weighted by Crippen LogP contribution is 2.53. The first-order valence-electron chi connectivity index (χ1n) is 7.36. The van der Waals surface area contributed by atoms with E-state index in [4.69, 9.17) is 0 Å². The third-order valence-electron chi connectivity index (χ3n) is 4.73. The molecule has 1 aromatic carbocycles. The molecule has 23 heavy (non-hydrogen) atoms. The van der Waals surface area contributed by atoms with Gasteiger partial charge in [0.1, 0.15) is 0 Å². The Balaban J connectivity index is 2.58. The summed E-state index contributed by atoms with van der Waals surface area (Å²) in [4.78, 5) is 10.4. The van der Waals surface area contributed by atoms with Gasteiger partial charge in [-0.3, -0.25) is 10.1 Å². The molecule has 0 saturated heterocycles. The first-order valence-corrected chi connectivity index (χ1v) is 7.36. The van der Waals surface area contributed by atoms with Crippen LogP contribution in [0.25, 0.3) is 0 Å². The van der Waals surface area contributed by atoms with E-state index in [9.17, 15) is 20.6 Å². The van der Waals surface area contributed by atoms with Crippen LogP contribution in [-0.4, -0.2) is 4.92 Å². The first kappa shape index (κ1) is 16.5. The molecule has 2 rings (SSSR count). The third-order valence-corrected chi connectivity index (χ3v) is 4.73. The molecule has 0 aromatic heterocycles. The largest absolute Gasteiger partial charge is 0.269 e. The summed E-state index contributed by atoms with van der Waals surface area (Å²) in [5.41, 5.74) is -0.510. The molecule has 0 heterocycles. The zero-order chi connectivity index (χ0) is 17.0. The second-order valence-electron chi connectivity index (χ2n) is 5.74. The van der Waals surface area contributed by atoms with E-state index < -0.39 is 10.3 Å². The molecule has 1 aliphatic carbocycles. The Hall–Kier alpha value is -2.92. The topological polar surface area (TPSA) is 90.7 Å². The molecule has 0 aliphatic heterocycles. The predicted molar refractivity (Wildman–Crippen MR) is 86.1 cm³/mol. The van der Waals surface area contributed by atoms with Crippen LogP contribution < -0.4 is 0 Å². The van der Waals surface area contributed by atoms with Crippen LogP contribution in [0.5, 0.6) is 0 Å². The Morgan fingerprint density at radius 2 is 1.78 bits per heavy atom. The van der Waals surface area contributed by atoms with Crippen LogP contribution in [0.1, 0.15) is 24.3 Å². The van der Waals surface area contributed by atoms with Crippen molar-refractivity contribution < 1.29 is 4.92 Å². The number of allylic oxidation sites excluding steroid dienone is 2. The normalized spacial score (nSPS) is 25.6. The average molecular weight is 307 g/mol. The predicted octanol–water partition coefficient (Wildman–Crippen LogP) is 4.11. The molecule has 0 amide bonds. The number of hydrogen-bond acceptors (Lipinski definition) is 4. The Kier molecular flexibility index (Phi) is 4.62. The first-order chi connectivity index (χ1) is 11.0. The van der Waals surface area contributed by atoms with Gasteiger partial charge in [-0.25, -0.2) is 0 Å². The molecule has 0 spiro atoms. The molecule has 5 nitrogen and oxygen atoms in total. The van der Waals surface area contributed by atoms with Gasteiger partial charge < -0.3 is 0 Å². The Labute approximate surface area is 135 Å². The Morgan fingerprint density at radius 1 is 1.17 bits per heavy atom. The van der Waals surface area contributed by atoms with Crippen molar-refractivity contribution in [1.82, 2.24) is 0 Å². The van der Waals surface area contributed by atoms with Crippen molar-refractivity contribution in [2.75, 3.05) is 0 Å². The monoisotopic (exact) mass is 307 g/mol. The van der Waals surface area contributed by atoms with Gasteiger partial charge in [0.2, 0.25) is 0 Å². The number of nitro groups is 1. The summed E-state index contributed by atoms with van der Waals surface area (Å²) in [6, 6.07) is 10.5. The van der Waals surface area contributed by atoms with E-state index in [0.29, 0.717) is 6.42 Å². The van der Waals surface area contributed by atoms with Crippen molar-refractivity contribution in [3.05, 3.63) is 65.3 Å². The van der Waals surface area contributed by atoms with Crippen molar-refractivity contribution in [3.63, 3.8) is 0 Å². The second kappa shape index (κ2) is 6.46. The molecule has 3 atom stereocenters. The lowest BCUT2D eigenvalue weighted by Crippen LogP contribution is -2.41. The van der Waals surface area contributed by atoms with Crippen LogP contribution in [0.4, 0.5) is 5.69 Å². The average Bonchev–Trinajstić information content (AvgIpc) is 2.60. The minimum absolute atomic E-state index is 0.0144. The van der Waals surface area contributed by atoms with E-state index in [0.717, 1.165) is 12.0 Å². The van der Waals surface area contributed by atoms with Gasteiger partial charge in [-0.2, -0.15) is 10.5 Å². The number of benzene rings is 1. The van der Waals surface area contributed by atoms with Gasteiger partial charge in [0, 0.05) is 24.0 Å². The van der Waals surface area contributed by atoms with Crippen molar-refractivity contribution in [2.45, 2.75) is 18.8 Å². The molecule has 0 bridgehead atoms. The molecule has 1 fully saturated rings. The summed E-state index contributed by atoms with van der Waals surface area (Å²) >= 11 is 0. The van der Waals surface area contributed by atoms with Gasteiger partial charge in [-0.1, -0.05) is 24.3 Å². The lowest BCUT2D eigenvalue weighted by molar-refractivity contribution is -0.384. The third kappa shape index (κ3) is 2.62. The summed E-state index contributed by atoms with van der Waals surface area (Å²) in [5, 5.41) is 30.4. The second-order valence-corrected chi connectivity index (χ2v) is 5.74. The van der Waals surface area contributed by atoms with Crippen LogP contribution in [0.2, 0.25) is 0 Å². The maximum Gasteiger partial charge on any atom is 0.269 e. The highest BCUT2D eigenvalue weighted by atomic mass is 16.6. The smallest absolute Gasteiger partial charge is 0.258 e. The van der Waals surface area contributed by atoms with Gasteiger partial charge in [0.05, 0.1) is 17.1 Å². The van der Waals surface area contributed by atoms with Crippen LogP contribution in [0, 0.1) is 50.0 Å². The van der Waals surface area contributed by atoms with E-state index >= 15 is 0 Å². The molecule has 1 aromatic rings. The van der Waals surface area contributed by atoms with Crippen LogP contribution >= 0.6 is 0 Å². The van der Waals surface area contributed by atoms with Crippen molar-refractivity contribution in [3.8, 4) is 12.1 Å². The Morgan fingerprint density at radius 3 is 2.22 bits per heavy atom. The minimum Gasteiger partial charge on any atom is -0.258 e. The number of hydrogen-bond donors (Lipinski definition) is 0. The van der Waals surface area contributed by atoms with Gasteiger partial charge in [-0.15, -0.1) is 13.2 Å². The number of nitrogens with zero attached hydrogens (tertiary/aromatic N) is 3. The van der Waals surface area contributed by atoms with Gasteiger partial charge in [0.15, 0.2) is 5.41 Å². The van der Waals surface area contributed by atoms with Crippen LogP contribution in [0.15, 0.2) is 49.6 Å². The number of nitriles is 2. The molecule has 116 valence electrons. The van der Waals surface area contributed by atoms with E-state index in [-0.39, 0.29) is 23.4 Å². The molecular formula is C18H17N3O2. The number of rotatable bonds is 4. The molecule has 1 aliphatic rings. The van der Waals surface area contributed by atoms with Crippen molar-refractivity contribution in [1.29, 1.82) is 10.5 Å². The zero-order valence-corrected chi connectivity index (χ0v) is 12.7. The Bertz CT molecular complexity index is 695. The maximum absolute atomic E-state index is 10.8. The fraction of sp³-hybridized carbons (Fsp3) is 0.333. The molecule has 0 radical (unpaired) electrons. The lowest BCUT2D eigenvalue weighted by Gasteiger charge is -2.43. The SMILES string of the molecule is C=C[C@@H]1CC[C@@H](C=C)C(C#N)(C#N)[C@@H]1c1ccc([N+](=O)[O-])cc1. The summed E-state index contributed by atoms with van der Waals surface area (Å²) in [6.45, 7) is 7.61. The molecule has 5 heteroatoms. The van der Waals surface area contributed by atoms with Crippen LogP contribution in [-0.2, 0) is 0 Å². The summed E-state index contributed by atoms with van der Waals surface area (Å²) in [6.07, 6.45) is 4.94. The number of nitro benzene ring substituents is 1. The van der Waals surface area contributed by atoms with Crippen LogP contribution in [0.3, 0.4) is 0 Å². The van der Waals surface area contributed by atoms with Gasteiger partial charge in [0.25, 0.3) is 5.69 Å². The maximum atomic E-state index is 10.8. The van der Waals surface area contributed by atoms with E-state index in [1.807, 2.05) is 0 Å². The molecule has 1 saturated carbocycles. The standard InChI is InChI=1S/C18H17N3O2/c1-3-13-5-8-15(4-2)18(11-19,12-20)17(13)14-6-9-16(10-7-14)21(22)23/h3-4,6-7,9-10,13,15,17H,1-2,5,8H2/t13-,15-,17+/m1/s1. The molecular weight excluding hydrogens is 290 g/mol. The summed E-state index contributed by atoms with van der Waals surface area (Å²) < 4.78 is 0.